The highest BCUT2D eigenvalue weighted by Gasteiger charge is 2.17. The van der Waals surface area contributed by atoms with Crippen molar-refractivity contribution in [3.63, 3.8) is 0 Å². The van der Waals surface area contributed by atoms with E-state index in [-0.39, 0.29) is 11.9 Å². The SMILES string of the molecule is CCCCCCCCCC(CCCCc1cccc(F)c1)OC(OCC)OCC. The molecule has 1 unspecified atom stereocenters. The van der Waals surface area contributed by atoms with E-state index in [1.165, 1.54) is 51.0 Å². The molecule has 1 rings (SSSR count). The third-order valence-electron chi connectivity index (χ3n) is 5.17. The van der Waals surface area contributed by atoms with Crippen molar-refractivity contribution in [3.05, 3.63) is 35.6 Å². The van der Waals surface area contributed by atoms with E-state index in [1.54, 1.807) is 12.1 Å². The molecule has 1 aromatic carbocycles. The van der Waals surface area contributed by atoms with Crippen LogP contribution in [0.1, 0.15) is 97.0 Å². The van der Waals surface area contributed by atoms with Crippen LogP contribution in [0.4, 0.5) is 4.39 Å². The number of halogens is 1. The molecule has 0 spiro atoms. The van der Waals surface area contributed by atoms with E-state index >= 15 is 0 Å². The van der Waals surface area contributed by atoms with Gasteiger partial charge in [-0.3, -0.25) is 0 Å². The monoisotopic (exact) mass is 410 g/mol. The Labute approximate surface area is 178 Å². The fourth-order valence-corrected chi connectivity index (χ4v) is 3.56. The van der Waals surface area contributed by atoms with E-state index in [0.29, 0.717) is 13.2 Å². The fraction of sp³-hybridized carbons (Fsp3) is 0.760. The van der Waals surface area contributed by atoms with Crippen LogP contribution < -0.4 is 0 Å². The van der Waals surface area contributed by atoms with Gasteiger partial charge in [-0.2, -0.15) is 0 Å². The zero-order valence-corrected chi connectivity index (χ0v) is 19.0. The molecule has 0 amide bonds. The number of unbranched alkanes of at least 4 members (excludes halogenated alkanes) is 7. The molecule has 0 saturated heterocycles. The highest BCUT2D eigenvalue weighted by molar-refractivity contribution is 5.16. The molecule has 3 nitrogen and oxygen atoms in total. The first-order chi connectivity index (χ1) is 14.2. The number of hydrogen-bond donors (Lipinski definition) is 0. The lowest BCUT2D eigenvalue weighted by molar-refractivity contribution is -0.302. The van der Waals surface area contributed by atoms with Crippen molar-refractivity contribution in [1.29, 1.82) is 0 Å². The van der Waals surface area contributed by atoms with Crippen molar-refractivity contribution in [2.24, 2.45) is 0 Å². The number of benzene rings is 1. The average Bonchev–Trinajstić information content (AvgIpc) is 2.70. The quantitative estimate of drug-likeness (QED) is 0.175. The zero-order valence-electron chi connectivity index (χ0n) is 19.0. The lowest BCUT2D eigenvalue weighted by atomic mass is 10.0. The molecule has 0 aliphatic rings. The van der Waals surface area contributed by atoms with Gasteiger partial charge in [-0.25, -0.2) is 4.39 Å². The molecule has 0 bridgehead atoms. The van der Waals surface area contributed by atoms with Gasteiger partial charge >= 0.3 is 0 Å². The molecule has 0 aromatic heterocycles. The van der Waals surface area contributed by atoms with Gasteiger partial charge in [0.25, 0.3) is 6.48 Å². The number of ether oxygens (including phenoxy) is 3. The smallest absolute Gasteiger partial charge is 0.271 e. The predicted molar refractivity (Wildman–Crippen MR) is 118 cm³/mol. The van der Waals surface area contributed by atoms with Crippen molar-refractivity contribution in [2.75, 3.05) is 13.2 Å². The van der Waals surface area contributed by atoms with Crippen LogP contribution in [0.5, 0.6) is 0 Å². The van der Waals surface area contributed by atoms with E-state index in [1.807, 2.05) is 19.9 Å². The number of aryl methyl sites for hydroxylation is 1. The summed E-state index contributed by atoms with van der Waals surface area (Å²) in [5.41, 5.74) is 1.07. The van der Waals surface area contributed by atoms with Crippen molar-refractivity contribution >= 4 is 0 Å². The molecule has 29 heavy (non-hydrogen) atoms. The van der Waals surface area contributed by atoms with Crippen LogP contribution in [-0.2, 0) is 20.6 Å². The Bertz CT molecular complexity index is 489. The van der Waals surface area contributed by atoms with Gasteiger partial charge in [0.1, 0.15) is 5.82 Å². The van der Waals surface area contributed by atoms with Gasteiger partial charge in [-0.05, 0) is 57.2 Å². The summed E-state index contributed by atoms with van der Waals surface area (Å²) in [6.07, 6.45) is 14.3. The lowest BCUT2D eigenvalue weighted by Crippen LogP contribution is -2.27. The first-order valence-corrected chi connectivity index (χ1v) is 11.8. The van der Waals surface area contributed by atoms with Gasteiger partial charge in [0.15, 0.2) is 0 Å². The molecule has 0 aliphatic heterocycles. The third kappa shape index (κ3) is 13.8. The summed E-state index contributed by atoms with van der Waals surface area (Å²) in [5, 5.41) is 0. The summed E-state index contributed by atoms with van der Waals surface area (Å²) in [6.45, 7) is 6.76. The van der Waals surface area contributed by atoms with Crippen molar-refractivity contribution in [2.45, 2.75) is 110 Å². The van der Waals surface area contributed by atoms with Crippen LogP contribution >= 0.6 is 0 Å². The Hall–Kier alpha value is -0.970. The molecule has 0 aliphatic carbocycles. The maximum absolute atomic E-state index is 13.3. The van der Waals surface area contributed by atoms with Crippen molar-refractivity contribution < 1.29 is 18.6 Å². The van der Waals surface area contributed by atoms with Crippen LogP contribution in [0.15, 0.2) is 24.3 Å². The first kappa shape index (κ1) is 26.1. The summed E-state index contributed by atoms with van der Waals surface area (Å²) >= 11 is 0. The summed E-state index contributed by atoms with van der Waals surface area (Å²) in [7, 11) is 0. The van der Waals surface area contributed by atoms with E-state index in [0.717, 1.165) is 37.7 Å². The minimum Gasteiger partial charge on any atom is -0.330 e. The standard InChI is InChI=1S/C25H43FO3/c1-4-7-8-9-10-11-12-19-24(29-25(27-5-2)28-6-3)20-14-13-16-22-17-15-18-23(26)21-22/h15,17-18,21,24-25H,4-14,16,19-20H2,1-3H3. The van der Waals surface area contributed by atoms with E-state index in [2.05, 4.69) is 6.92 Å². The Kier molecular flexibility index (Phi) is 16.0. The minimum atomic E-state index is -0.567. The van der Waals surface area contributed by atoms with Gasteiger partial charge in [-0.1, -0.05) is 70.4 Å². The molecule has 4 heteroatoms. The third-order valence-corrected chi connectivity index (χ3v) is 5.17. The largest absolute Gasteiger partial charge is 0.330 e. The average molecular weight is 411 g/mol. The molecular weight excluding hydrogens is 367 g/mol. The molecule has 0 N–H and O–H groups in total. The summed E-state index contributed by atoms with van der Waals surface area (Å²) in [4.78, 5) is 0. The van der Waals surface area contributed by atoms with E-state index in [9.17, 15) is 4.39 Å². The van der Waals surface area contributed by atoms with Gasteiger partial charge in [-0.15, -0.1) is 0 Å². The minimum absolute atomic E-state index is 0.154. The van der Waals surface area contributed by atoms with Gasteiger partial charge < -0.3 is 14.2 Å². The Morgan fingerprint density at radius 3 is 2.03 bits per heavy atom. The van der Waals surface area contributed by atoms with Gasteiger partial charge in [0.2, 0.25) is 0 Å². The normalized spacial score (nSPS) is 12.6. The molecule has 1 aromatic rings. The second kappa shape index (κ2) is 17.9. The van der Waals surface area contributed by atoms with E-state index in [4.69, 9.17) is 14.2 Å². The van der Waals surface area contributed by atoms with Crippen LogP contribution in [0.25, 0.3) is 0 Å². The molecule has 168 valence electrons. The van der Waals surface area contributed by atoms with Crippen LogP contribution in [0, 0.1) is 5.82 Å². The summed E-state index contributed by atoms with van der Waals surface area (Å²) in [6, 6.07) is 6.91. The number of hydrogen-bond acceptors (Lipinski definition) is 3. The number of rotatable bonds is 19. The van der Waals surface area contributed by atoms with Crippen molar-refractivity contribution in [1.82, 2.24) is 0 Å². The molecule has 0 heterocycles. The molecule has 1 atom stereocenters. The fourth-order valence-electron chi connectivity index (χ4n) is 3.56. The molecule has 0 saturated carbocycles. The predicted octanol–water partition coefficient (Wildman–Crippen LogP) is 7.42. The Morgan fingerprint density at radius 2 is 1.41 bits per heavy atom. The van der Waals surface area contributed by atoms with E-state index < -0.39 is 6.48 Å². The molecule has 0 fully saturated rings. The van der Waals surface area contributed by atoms with Crippen LogP contribution in [0.3, 0.4) is 0 Å². The zero-order chi connectivity index (χ0) is 21.2. The highest BCUT2D eigenvalue weighted by atomic mass is 19.1. The topological polar surface area (TPSA) is 27.7 Å². The second-order valence-electron chi connectivity index (χ2n) is 7.74. The van der Waals surface area contributed by atoms with Gasteiger partial charge in [0.05, 0.1) is 6.10 Å². The Balaban J connectivity index is 2.37. The maximum Gasteiger partial charge on any atom is 0.271 e. The lowest BCUT2D eigenvalue weighted by Gasteiger charge is -2.24. The van der Waals surface area contributed by atoms with Crippen molar-refractivity contribution in [3.8, 4) is 0 Å². The maximum atomic E-state index is 13.3. The highest BCUT2D eigenvalue weighted by Crippen LogP contribution is 2.19. The second-order valence-corrected chi connectivity index (χ2v) is 7.74. The van der Waals surface area contributed by atoms with Gasteiger partial charge in [0, 0.05) is 13.2 Å². The summed E-state index contributed by atoms with van der Waals surface area (Å²) < 4.78 is 30.6. The summed E-state index contributed by atoms with van der Waals surface area (Å²) in [5.74, 6) is -0.154. The molecule has 0 radical (unpaired) electrons. The van der Waals surface area contributed by atoms with Crippen LogP contribution in [-0.4, -0.2) is 25.8 Å². The molecular formula is C25H43FO3. The first-order valence-electron chi connectivity index (χ1n) is 11.8. The van der Waals surface area contributed by atoms with Crippen LogP contribution in [0.2, 0.25) is 0 Å². The Morgan fingerprint density at radius 1 is 0.793 bits per heavy atom.